The molecule has 0 aromatic heterocycles. The van der Waals surface area contributed by atoms with Crippen LogP contribution in [0.25, 0.3) is 6.08 Å². The quantitative estimate of drug-likeness (QED) is 0.640. The van der Waals surface area contributed by atoms with Crippen molar-refractivity contribution in [2.24, 2.45) is 0 Å². The fourth-order valence-corrected chi connectivity index (χ4v) is 2.70. The minimum atomic E-state index is -0.0926. The van der Waals surface area contributed by atoms with Gasteiger partial charge in [-0.05, 0) is 61.8 Å². The third kappa shape index (κ3) is 3.64. The molecule has 0 unspecified atom stereocenters. The zero-order valence-corrected chi connectivity index (χ0v) is 14.8. The summed E-state index contributed by atoms with van der Waals surface area (Å²) in [6.45, 7) is 7.06. The molecule has 1 heterocycles. The van der Waals surface area contributed by atoms with Crippen LogP contribution >= 0.6 is 12.2 Å². The van der Waals surface area contributed by atoms with Crippen LogP contribution in [0.4, 0.5) is 0 Å². The highest BCUT2D eigenvalue weighted by molar-refractivity contribution is 7.80. The summed E-state index contributed by atoms with van der Waals surface area (Å²) in [6.07, 6.45) is 2.67. The molecule has 1 amide bonds. The number of carbonyl (C=O) groups is 1. The van der Waals surface area contributed by atoms with Crippen LogP contribution in [0.2, 0.25) is 0 Å². The number of aryl methyl sites for hydroxylation is 1. The number of thiocarbonyl (C=S) groups is 1. The van der Waals surface area contributed by atoms with Gasteiger partial charge in [0.25, 0.3) is 5.91 Å². The van der Waals surface area contributed by atoms with E-state index < -0.39 is 0 Å². The largest absolute Gasteiger partial charge is 0.493 e. The van der Waals surface area contributed by atoms with Gasteiger partial charge in [-0.15, -0.1) is 0 Å². The first-order chi connectivity index (χ1) is 11.0. The molecule has 0 spiro atoms. The molecule has 124 valence electrons. The predicted molar refractivity (Wildman–Crippen MR) is 94.6 cm³/mol. The number of amides is 1. The molecule has 0 saturated carbocycles. The van der Waals surface area contributed by atoms with Crippen LogP contribution in [-0.4, -0.2) is 36.2 Å². The molecular weight excluding hydrogens is 312 g/mol. The van der Waals surface area contributed by atoms with Gasteiger partial charge in [0.1, 0.15) is 5.70 Å². The van der Waals surface area contributed by atoms with Crippen molar-refractivity contribution >= 4 is 29.3 Å². The van der Waals surface area contributed by atoms with Crippen LogP contribution in [0, 0.1) is 6.92 Å². The van der Waals surface area contributed by atoms with Gasteiger partial charge in [-0.1, -0.05) is 6.92 Å². The number of carbonyl (C=O) groups excluding carboxylic acids is 1. The van der Waals surface area contributed by atoms with Crippen molar-refractivity contribution < 1.29 is 14.3 Å². The Labute approximate surface area is 142 Å². The lowest BCUT2D eigenvalue weighted by Crippen LogP contribution is -2.31. The Morgan fingerprint density at radius 1 is 1.30 bits per heavy atom. The zero-order chi connectivity index (χ0) is 17.0. The third-order valence-electron chi connectivity index (χ3n) is 3.56. The second kappa shape index (κ2) is 7.46. The minimum Gasteiger partial charge on any atom is -0.493 e. The highest BCUT2D eigenvalue weighted by atomic mass is 32.1. The first-order valence-corrected chi connectivity index (χ1v) is 8.08. The molecule has 1 aromatic rings. The molecule has 1 fully saturated rings. The van der Waals surface area contributed by atoms with Crippen molar-refractivity contribution in [2.75, 3.05) is 20.3 Å². The summed E-state index contributed by atoms with van der Waals surface area (Å²) >= 11 is 5.22. The van der Waals surface area contributed by atoms with E-state index in [1.165, 1.54) is 0 Å². The number of ether oxygens (including phenoxy) is 2. The SMILES string of the molecule is CCCN1C(=O)C(=Cc2cc(OCC)c(OC)cc2C)NC1=S. The average Bonchev–Trinajstić information content (AvgIpc) is 2.78. The summed E-state index contributed by atoms with van der Waals surface area (Å²) in [5, 5.41) is 3.45. The molecule has 0 radical (unpaired) electrons. The summed E-state index contributed by atoms with van der Waals surface area (Å²) < 4.78 is 10.9. The van der Waals surface area contributed by atoms with Crippen molar-refractivity contribution in [1.82, 2.24) is 10.2 Å². The molecule has 1 aliphatic heterocycles. The van der Waals surface area contributed by atoms with Crippen LogP contribution in [0.5, 0.6) is 11.5 Å². The van der Waals surface area contributed by atoms with E-state index in [2.05, 4.69) is 5.32 Å². The van der Waals surface area contributed by atoms with Crippen LogP contribution in [0.15, 0.2) is 17.8 Å². The highest BCUT2D eigenvalue weighted by Crippen LogP contribution is 2.32. The van der Waals surface area contributed by atoms with E-state index in [0.29, 0.717) is 35.5 Å². The predicted octanol–water partition coefficient (Wildman–Crippen LogP) is 2.87. The second-order valence-electron chi connectivity index (χ2n) is 5.24. The molecule has 5 nitrogen and oxygen atoms in total. The summed E-state index contributed by atoms with van der Waals surface area (Å²) in [5.74, 6) is 1.25. The van der Waals surface area contributed by atoms with Crippen molar-refractivity contribution in [3.63, 3.8) is 0 Å². The molecule has 0 bridgehead atoms. The van der Waals surface area contributed by atoms with Gasteiger partial charge in [0.15, 0.2) is 16.6 Å². The molecule has 1 N–H and O–H groups in total. The first kappa shape index (κ1) is 17.3. The normalized spacial score (nSPS) is 16.0. The molecule has 1 aliphatic rings. The van der Waals surface area contributed by atoms with Gasteiger partial charge in [0.2, 0.25) is 0 Å². The summed E-state index contributed by atoms with van der Waals surface area (Å²) in [5.41, 5.74) is 2.37. The van der Waals surface area contributed by atoms with E-state index in [-0.39, 0.29) is 5.91 Å². The zero-order valence-electron chi connectivity index (χ0n) is 13.9. The third-order valence-corrected chi connectivity index (χ3v) is 3.88. The van der Waals surface area contributed by atoms with Crippen LogP contribution < -0.4 is 14.8 Å². The van der Waals surface area contributed by atoms with Crippen LogP contribution in [0.1, 0.15) is 31.4 Å². The maximum atomic E-state index is 12.4. The lowest BCUT2D eigenvalue weighted by atomic mass is 10.1. The fourth-order valence-electron chi connectivity index (χ4n) is 2.41. The van der Waals surface area contributed by atoms with Crippen molar-refractivity contribution in [2.45, 2.75) is 27.2 Å². The van der Waals surface area contributed by atoms with E-state index in [9.17, 15) is 4.79 Å². The van der Waals surface area contributed by atoms with E-state index in [4.69, 9.17) is 21.7 Å². The number of nitrogens with one attached hydrogen (secondary N) is 1. The summed E-state index contributed by atoms with van der Waals surface area (Å²) in [6, 6.07) is 3.78. The Hall–Kier alpha value is -2.08. The Balaban J connectivity index is 2.37. The molecule has 23 heavy (non-hydrogen) atoms. The minimum absolute atomic E-state index is 0.0926. The van der Waals surface area contributed by atoms with Gasteiger partial charge in [0, 0.05) is 6.54 Å². The van der Waals surface area contributed by atoms with Crippen molar-refractivity contribution in [3.8, 4) is 11.5 Å². The maximum absolute atomic E-state index is 12.4. The van der Waals surface area contributed by atoms with E-state index in [1.54, 1.807) is 12.0 Å². The standard InChI is InChI=1S/C17H22N2O3S/c1-5-7-19-16(20)13(18-17(19)23)9-12-10-15(22-6-2)14(21-4)8-11(12)3/h8-10H,5-7H2,1-4H3,(H,18,23). The summed E-state index contributed by atoms with van der Waals surface area (Å²) in [4.78, 5) is 14.0. The number of benzene rings is 1. The van der Waals surface area contributed by atoms with Crippen LogP contribution in [-0.2, 0) is 4.79 Å². The maximum Gasteiger partial charge on any atom is 0.276 e. The lowest BCUT2D eigenvalue weighted by molar-refractivity contribution is -0.122. The first-order valence-electron chi connectivity index (χ1n) is 7.67. The van der Waals surface area contributed by atoms with Gasteiger partial charge >= 0.3 is 0 Å². The number of rotatable bonds is 6. The van der Waals surface area contributed by atoms with Gasteiger partial charge in [-0.2, -0.15) is 0 Å². The monoisotopic (exact) mass is 334 g/mol. The van der Waals surface area contributed by atoms with Gasteiger partial charge < -0.3 is 14.8 Å². The second-order valence-corrected chi connectivity index (χ2v) is 5.62. The lowest BCUT2D eigenvalue weighted by Gasteiger charge is -2.12. The van der Waals surface area contributed by atoms with Crippen molar-refractivity contribution in [1.29, 1.82) is 0 Å². The number of hydrogen-bond donors (Lipinski definition) is 1. The Morgan fingerprint density at radius 3 is 2.65 bits per heavy atom. The topological polar surface area (TPSA) is 50.8 Å². The molecular formula is C17H22N2O3S. The Bertz CT molecular complexity index is 655. The number of nitrogens with zero attached hydrogens (tertiary/aromatic N) is 1. The molecule has 1 saturated heterocycles. The van der Waals surface area contributed by atoms with Gasteiger partial charge in [-0.25, -0.2) is 0 Å². The van der Waals surface area contributed by atoms with E-state index >= 15 is 0 Å². The molecule has 0 atom stereocenters. The smallest absolute Gasteiger partial charge is 0.276 e. The molecule has 1 aromatic carbocycles. The fraction of sp³-hybridized carbons (Fsp3) is 0.412. The molecule has 6 heteroatoms. The van der Waals surface area contributed by atoms with E-state index in [1.807, 2.05) is 39.0 Å². The van der Waals surface area contributed by atoms with Gasteiger partial charge in [0.05, 0.1) is 13.7 Å². The van der Waals surface area contributed by atoms with E-state index in [0.717, 1.165) is 17.5 Å². The van der Waals surface area contributed by atoms with Gasteiger partial charge in [-0.3, -0.25) is 9.69 Å². The Morgan fingerprint density at radius 2 is 2.04 bits per heavy atom. The summed E-state index contributed by atoms with van der Waals surface area (Å²) in [7, 11) is 1.61. The van der Waals surface area contributed by atoms with Crippen LogP contribution in [0.3, 0.4) is 0 Å². The Kier molecular flexibility index (Phi) is 5.60. The molecule has 0 aliphatic carbocycles. The molecule has 2 rings (SSSR count). The average molecular weight is 334 g/mol. The number of methoxy groups -OCH3 is 1. The number of hydrogen-bond acceptors (Lipinski definition) is 4. The highest BCUT2D eigenvalue weighted by Gasteiger charge is 2.29. The van der Waals surface area contributed by atoms with Crippen molar-refractivity contribution in [3.05, 3.63) is 29.0 Å².